The highest BCUT2D eigenvalue weighted by atomic mass is 79.9. The van der Waals surface area contributed by atoms with Crippen LogP contribution in [0.5, 0.6) is 17.2 Å². The van der Waals surface area contributed by atoms with Crippen molar-refractivity contribution in [2.24, 2.45) is 0 Å². The molecule has 2 rings (SSSR count). The van der Waals surface area contributed by atoms with Crippen LogP contribution in [0.15, 0.2) is 46.9 Å². The fraction of sp³-hybridized carbons (Fsp3) is 0.235. The van der Waals surface area contributed by atoms with E-state index in [0.717, 1.165) is 4.47 Å². The van der Waals surface area contributed by atoms with E-state index in [1.165, 1.54) is 0 Å². The van der Waals surface area contributed by atoms with Gasteiger partial charge in [-0.05, 0) is 31.2 Å². The lowest BCUT2D eigenvalue weighted by atomic mass is 10.2. The van der Waals surface area contributed by atoms with E-state index in [2.05, 4.69) is 21.2 Å². The molecule has 0 unspecified atom stereocenters. The Hall–Kier alpha value is -2.21. The van der Waals surface area contributed by atoms with Crippen LogP contribution in [0.2, 0.25) is 0 Å². The first kappa shape index (κ1) is 17.1. The van der Waals surface area contributed by atoms with Gasteiger partial charge in [0, 0.05) is 28.4 Å². The zero-order chi connectivity index (χ0) is 16.8. The molecule has 0 aromatic heterocycles. The fourth-order valence-electron chi connectivity index (χ4n) is 1.88. The summed E-state index contributed by atoms with van der Waals surface area (Å²) in [4.78, 5) is 12.2. The van der Waals surface area contributed by atoms with Crippen LogP contribution in [0.25, 0.3) is 0 Å². The number of amides is 1. The summed E-state index contributed by atoms with van der Waals surface area (Å²) in [5, 5.41) is 2.80. The number of carbonyl (C=O) groups excluding carboxylic acids is 1. The van der Waals surface area contributed by atoms with Crippen LogP contribution in [0.4, 0.5) is 5.69 Å². The molecular weight excluding hydrogens is 362 g/mol. The Morgan fingerprint density at radius 3 is 2.04 bits per heavy atom. The van der Waals surface area contributed by atoms with E-state index in [1.807, 2.05) is 24.3 Å². The Morgan fingerprint density at radius 2 is 1.52 bits per heavy atom. The Balaban J connectivity index is 2.04. The smallest absolute Gasteiger partial charge is 0.265 e. The van der Waals surface area contributed by atoms with Crippen molar-refractivity contribution in [3.05, 3.63) is 46.9 Å². The molecule has 0 spiro atoms. The molecule has 0 aliphatic carbocycles. The van der Waals surface area contributed by atoms with E-state index in [4.69, 9.17) is 14.2 Å². The third-order valence-electron chi connectivity index (χ3n) is 3.12. The maximum Gasteiger partial charge on any atom is 0.265 e. The van der Waals surface area contributed by atoms with Crippen molar-refractivity contribution in [3.8, 4) is 17.2 Å². The molecule has 23 heavy (non-hydrogen) atoms. The Labute approximate surface area is 143 Å². The van der Waals surface area contributed by atoms with Crippen molar-refractivity contribution in [1.29, 1.82) is 0 Å². The van der Waals surface area contributed by atoms with Crippen LogP contribution < -0.4 is 19.5 Å². The minimum absolute atomic E-state index is 0.242. The van der Waals surface area contributed by atoms with Crippen molar-refractivity contribution in [1.82, 2.24) is 0 Å². The normalized spacial score (nSPS) is 11.5. The van der Waals surface area contributed by atoms with Crippen molar-refractivity contribution in [2.45, 2.75) is 13.0 Å². The quantitative estimate of drug-likeness (QED) is 0.827. The van der Waals surface area contributed by atoms with Gasteiger partial charge in [-0.2, -0.15) is 0 Å². The van der Waals surface area contributed by atoms with E-state index in [1.54, 1.807) is 39.3 Å². The van der Waals surface area contributed by atoms with Crippen molar-refractivity contribution < 1.29 is 19.0 Å². The van der Waals surface area contributed by atoms with Crippen molar-refractivity contribution in [3.63, 3.8) is 0 Å². The van der Waals surface area contributed by atoms with Gasteiger partial charge < -0.3 is 19.5 Å². The molecule has 1 atom stereocenters. The van der Waals surface area contributed by atoms with Gasteiger partial charge in [-0.25, -0.2) is 0 Å². The number of halogens is 1. The van der Waals surface area contributed by atoms with Gasteiger partial charge >= 0.3 is 0 Å². The maximum atomic E-state index is 12.2. The molecule has 0 saturated heterocycles. The predicted octanol–water partition coefficient (Wildman–Crippen LogP) is 3.87. The summed E-state index contributed by atoms with van der Waals surface area (Å²) in [6.45, 7) is 1.68. The summed E-state index contributed by atoms with van der Waals surface area (Å²) < 4.78 is 17.0. The highest BCUT2D eigenvalue weighted by molar-refractivity contribution is 9.10. The van der Waals surface area contributed by atoms with Gasteiger partial charge in [0.1, 0.15) is 17.2 Å². The standard InChI is InChI=1S/C17H18BrNO4/c1-11(17(20)19-13-6-4-12(18)5-7-13)23-16-9-14(21-2)8-15(10-16)22-3/h4-11H,1-3H3,(H,19,20)/t11-/m1/s1. The van der Waals surface area contributed by atoms with Crippen molar-refractivity contribution >= 4 is 27.5 Å². The molecule has 2 aromatic carbocycles. The first-order valence-electron chi connectivity index (χ1n) is 6.98. The summed E-state index contributed by atoms with van der Waals surface area (Å²) in [7, 11) is 3.12. The number of benzene rings is 2. The van der Waals surface area contributed by atoms with Gasteiger partial charge in [0.05, 0.1) is 14.2 Å². The topological polar surface area (TPSA) is 56.8 Å². The van der Waals surface area contributed by atoms with E-state index in [9.17, 15) is 4.79 Å². The SMILES string of the molecule is COc1cc(OC)cc(O[C@H](C)C(=O)Nc2ccc(Br)cc2)c1. The Kier molecular flexibility index (Phi) is 5.87. The molecule has 1 amide bonds. The van der Waals surface area contributed by atoms with Crippen LogP contribution in [0.1, 0.15) is 6.92 Å². The van der Waals surface area contributed by atoms with Gasteiger partial charge in [-0.1, -0.05) is 15.9 Å². The third kappa shape index (κ3) is 4.89. The zero-order valence-electron chi connectivity index (χ0n) is 13.1. The molecule has 6 heteroatoms. The van der Waals surface area contributed by atoms with Crippen LogP contribution in [0, 0.1) is 0 Å². The Bertz CT molecular complexity index is 651. The predicted molar refractivity (Wildman–Crippen MR) is 92.4 cm³/mol. The third-order valence-corrected chi connectivity index (χ3v) is 3.65. The first-order chi connectivity index (χ1) is 11.0. The molecule has 0 saturated carbocycles. The Morgan fingerprint density at radius 1 is 1.00 bits per heavy atom. The average Bonchev–Trinajstić information content (AvgIpc) is 2.56. The highest BCUT2D eigenvalue weighted by Crippen LogP contribution is 2.28. The molecule has 1 N–H and O–H groups in total. The van der Waals surface area contributed by atoms with Crippen molar-refractivity contribution in [2.75, 3.05) is 19.5 Å². The molecule has 0 radical (unpaired) electrons. The number of carbonyl (C=O) groups is 1. The number of methoxy groups -OCH3 is 2. The van der Waals surface area contributed by atoms with Gasteiger partial charge in [0.25, 0.3) is 5.91 Å². The van der Waals surface area contributed by atoms with Gasteiger partial charge in [0.2, 0.25) is 0 Å². The molecular formula is C17H18BrNO4. The summed E-state index contributed by atoms with van der Waals surface area (Å²) in [6.07, 6.45) is -0.671. The molecule has 0 fully saturated rings. The number of nitrogens with one attached hydrogen (secondary N) is 1. The number of anilines is 1. The molecule has 0 bridgehead atoms. The number of hydrogen-bond acceptors (Lipinski definition) is 4. The fourth-order valence-corrected chi connectivity index (χ4v) is 2.15. The summed E-state index contributed by atoms with van der Waals surface area (Å²) in [5.41, 5.74) is 0.705. The highest BCUT2D eigenvalue weighted by Gasteiger charge is 2.16. The lowest BCUT2D eigenvalue weighted by molar-refractivity contribution is -0.122. The van der Waals surface area contributed by atoms with E-state index in [0.29, 0.717) is 22.9 Å². The summed E-state index contributed by atoms with van der Waals surface area (Å²) >= 11 is 3.35. The van der Waals surface area contributed by atoms with E-state index < -0.39 is 6.10 Å². The summed E-state index contributed by atoms with van der Waals surface area (Å²) in [6, 6.07) is 12.5. The monoisotopic (exact) mass is 379 g/mol. The first-order valence-corrected chi connectivity index (χ1v) is 7.77. The zero-order valence-corrected chi connectivity index (χ0v) is 14.7. The minimum atomic E-state index is -0.671. The van der Waals surface area contributed by atoms with Crippen LogP contribution in [-0.2, 0) is 4.79 Å². The lowest BCUT2D eigenvalue weighted by Gasteiger charge is -2.16. The second-order valence-corrected chi connectivity index (χ2v) is 5.72. The second-order valence-electron chi connectivity index (χ2n) is 4.80. The number of ether oxygens (including phenoxy) is 3. The lowest BCUT2D eigenvalue weighted by Crippen LogP contribution is -2.30. The van der Waals surface area contributed by atoms with Crippen LogP contribution in [-0.4, -0.2) is 26.2 Å². The molecule has 0 heterocycles. The molecule has 2 aromatic rings. The van der Waals surface area contributed by atoms with Crippen LogP contribution in [0.3, 0.4) is 0 Å². The molecule has 5 nitrogen and oxygen atoms in total. The molecule has 0 aliphatic rings. The average molecular weight is 380 g/mol. The largest absolute Gasteiger partial charge is 0.496 e. The van der Waals surface area contributed by atoms with Gasteiger partial charge in [-0.15, -0.1) is 0 Å². The summed E-state index contributed by atoms with van der Waals surface area (Å²) in [5.74, 6) is 1.45. The maximum absolute atomic E-state index is 12.2. The second kappa shape index (κ2) is 7.87. The number of hydrogen-bond donors (Lipinski definition) is 1. The minimum Gasteiger partial charge on any atom is -0.496 e. The van der Waals surface area contributed by atoms with E-state index in [-0.39, 0.29) is 5.91 Å². The van der Waals surface area contributed by atoms with E-state index >= 15 is 0 Å². The van der Waals surface area contributed by atoms with Gasteiger partial charge in [-0.3, -0.25) is 4.79 Å². The number of rotatable bonds is 6. The van der Waals surface area contributed by atoms with Crippen LogP contribution >= 0.6 is 15.9 Å². The molecule has 0 aliphatic heterocycles. The molecule has 122 valence electrons. The van der Waals surface area contributed by atoms with Gasteiger partial charge in [0.15, 0.2) is 6.10 Å².